The van der Waals surface area contributed by atoms with E-state index in [0.717, 1.165) is 11.1 Å². The van der Waals surface area contributed by atoms with Gasteiger partial charge in [-0.3, -0.25) is 0 Å². The van der Waals surface area contributed by atoms with E-state index in [4.69, 9.17) is 44.3 Å². The van der Waals surface area contributed by atoms with Gasteiger partial charge in [0.15, 0.2) is 11.5 Å². The first kappa shape index (κ1) is 14.3. The molecule has 0 heterocycles. The van der Waals surface area contributed by atoms with Gasteiger partial charge in [-0.25, -0.2) is 0 Å². The van der Waals surface area contributed by atoms with Gasteiger partial charge in [-0.1, -0.05) is 34.8 Å². The first-order valence-corrected chi connectivity index (χ1v) is 6.57. The fourth-order valence-corrected chi connectivity index (χ4v) is 2.46. The van der Waals surface area contributed by atoms with Crippen molar-refractivity contribution in [1.29, 1.82) is 0 Å². The zero-order chi connectivity index (χ0) is 14.0. The van der Waals surface area contributed by atoms with Crippen molar-refractivity contribution >= 4 is 34.8 Å². The quantitative estimate of drug-likeness (QED) is 0.761. The van der Waals surface area contributed by atoms with Gasteiger partial charge in [-0.05, 0) is 30.3 Å². The van der Waals surface area contributed by atoms with Crippen molar-refractivity contribution in [3.05, 3.63) is 45.4 Å². The molecular weight excluding hydrogens is 307 g/mol. The number of halogens is 3. The molecule has 0 aliphatic heterocycles. The lowest BCUT2D eigenvalue weighted by molar-refractivity contribution is 0.356. The van der Waals surface area contributed by atoms with Gasteiger partial charge >= 0.3 is 0 Å². The van der Waals surface area contributed by atoms with Crippen LogP contribution < -0.4 is 9.47 Å². The molecule has 2 aromatic rings. The Bertz CT molecular complexity index is 612. The van der Waals surface area contributed by atoms with Crippen LogP contribution in [-0.4, -0.2) is 14.2 Å². The highest BCUT2D eigenvalue weighted by Gasteiger charge is 2.17. The summed E-state index contributed by atoms with van der Waals surface area (Å²) < 4.78 is 10.7. The minimum absolute atomic E-state index is 0.470. The van der Waals surface area contributed by atoms with Crippen LogP contribution >= 0.6 is 34.8 Å². The molecule has 0 atom stereocenters. The molecule has 2 rings (SSSR count). The predicted octanol–water partition coefficient (Wildman–Crippen LogP) is 5.33. The van der Waals surface area contributed by atoms with Crippen LogP contribution in [0.4, 0.5) is 0 Å². The van der Waals surface area contributed by atoms with E-state index in [1.54, 1.807) is 31.4 Å². The summed E-state index contributed by atoms with van der Waals surface area (Å²) in [5.41, 5.74) is 1.54. The van der Waals surface area contributed by atoms with Crippen molar-refractivity contribution in [1.82, 2.24) is 0 Å². The fraction of sp³-hybridized carbons (Fsp3) is 0.143. The lowest BCUT2D eigenvalue weighted by atomic mass is 10.0. The van der Waals surface area contributed by atoms with E-state index >= 15 is 0 Å². The van der Waals surface area contributed by atoms with E-state index in [0.29, 0.717) is 26.6 Å². The third-order valence-electron chi connectivity index (χ3n) is 2.69. The molecule has 0 N–H and O–H groups in total. The van der Waals surface area contributed by atoms with Gasteiger partial charge < -0.3 is 9.47 Å². The zero-order valence-electron chi connectivity index (χ0n) is 10.3. The molecule has 0 aromatic heterocycles. The molecule has 19 heavy (non-hydrogen) atoms. The number of methoxy groups -OCH3 is 2. The Labute approximate surface area is 126 Å². The van der Waals surface area contributed by atoms with Crippen LogP contribution in [0.15, 0.2) is 30.3 Å². The van der Waals surface area contributed by atoms with Gasteiger partial charge in [-0.2, -0.15) is 0 Å². The Balaban J connectivity index is 2.72. The molecule has 5 heteroatoms. The molecule has 0 amide bonds. The number of rotatable bonds is 3. The molecule has 100 valence electrons. The van der Waals surface area contributed by atoms with Crippen molar-refractivity contribution in [3.8, 4) is 22.6 Å². The van der Waals surface area contributed by atoms with Gasteiger partial charge in [0.1, 0.15) is 0 Å². The van der Waals surface area contributed by atoms with Crippen LogP contribution in [-0.2, 0) is 0 Å². The second-order valence-electron chi connectivity index (χ2n) is 3.79. The standard InChI is InChI=1S/C14H11Cl3O2/c1-18-13-9(4-6-12(17)14(13)19-2)10-7-8(15)3-5-11(10)16/h3-7H,1-2H3. The predicted molar refractivity (Wildman–Crippen MR) is 80.0 cm³/mol. The first-order chi connectivity index (χ1) is 9.08. The van der Waals surface area contributed by atoms with Crippen LogP contribution in [0.2, 0.25) is 15.1 Å². The molecule has 2 aromatic carbocycles. The highest BCUT2D eigenvalue weighted by atomic mass is 35.5. The Morgan fingerprint density at radius 1 is 0.737 bits per heavy atom. The fourth-order valence-electron chi connectivity index (χ4n) is 1.85. The largest absolute Gasteiger partial charge is 0.492 e. The molecule has 0 aliphatic rings. The maximum atomic E-state index is 6.21. The topological polar surface area (TPSA) is 18.5 Å². The van der Waals surface area contributed by atoms with E-state index in [-0.39, 0.29) is 0 Å². The lowest BCUT2D eigenvalue weighted by Crippen LogP contribution is -1.94. The van der Waals surface area contributed by atoms with Crippen molar-refractivity contribution in [2.24, 2.45) is 0 Å². The zero-order valence-corrected chi connectivity index (χ0v) is 12.6. The van der Waals surface area contributed by atoms with Gasteiger partial charge in [0, 0.05) is 21.2 Å². The molecule has 0 saturated carbocycles. The van der Waals surface area contributed by atoms with Crippen LogP contribution in [0.1, 0.15) is 0 Å². The van der Waals surface area contributed by atoms with Crippen LogP contribution in [0.5, 0.6) is 11.5 Å². The third-order valence-corrected chi connectivity index (χ3v) is 3.55. The maximum absolute atomic E-state index is 6.21. The normalized spacial score (nSPS) is 10.4. The van der Waals surface area contributed by atoms with Gasteiger partial charge in [0.2, 0.25) is 0 Å². The Hall–Kier alpha value is -1.09. The summed E-state index contributed by atoms with van der Waals surface area (Å²) in [4.78, 5) is 0. The molecule has 0 spiro atoms. The highest BCUT2D eigenvalue weighted by Crippen LogP contribution is 2.44. The number of hydrogen-bond donors (Lipinski definition) is 0. The van der Waals surface area contributed by atoms with Gasteiger partial charge in [0.25, 0.3) is 0 Å². The maximum Gasteiger partial charge on any atom is 0.180 e. The smallest absolute Gasteiger partial charge is 0.180 e. The third kappa shape index (κ3) is 2.76. The summed E-state index contributed by atoms with van der Waals surface area (Å²) in [5.74, 6) is 0.997. The van der Waals surface area contributed by atoms with Crippen molar-refractivity contribution in [3.63, 3.8) is 0 Å². The Morgan fingerprint density at radius 2 is 1.37 bits per heavy atom. The van der Waals surface area contributed by atoms with E-state index < -0.39 is 0 Å². The summed E-state index contributed by atoms with van der Waals surface area (Å²) >= 11 is 18.3. The van der Waals surface area contributed by atoms with Crippen LogP contribution in [0.3, 0.4) is 0 Å². The summed E-state index contributed by atoms with van der Waals surface area (Å²) in [6.07, 6.45) is 0. The molecule has 0 radical (unpaired) electrons. The average Bonchev–Trinajstić information content (AvgIpc) is 2.41. The summed E-state index contributed by atoms with van der Waals surface area (Å²) in [6, 6.07) is 8.79. The van der Waals surface area contributed by atoms with Gasteiger partial charge in [0.05, 0.1) is 19.2 Å². The molecule has 0 aliphatic carbocycles. The lowest BCUT2D eigenvalue weighted by Gasteiger charge is -2.15. The number of hydrogen-bond acceptors (Lipinski definition) is 2. The number of ether oxygens (including phenoxy) is 2. The molecule has 2 nitrogen and oxygen atoms in total. The van der Waals surface area contributed by atoms with E-state index in [9.17, 15) is 0 Å². The van der Waals surface area contributed by atoms with Gasteiger partial charge in [-0.15, -0.1) is 0 Å². The van der Waals surface area contributed by atoms with Crippen LogP contribution in [0.25, 0.3) is 11.1 Å². The minimum Gasteiger partial charge on any atom is -0.492 e. The first-order valence-electron chi connectivity index (χ1n) is 5.44. The molecule has 0 fully saturated rings. The van der Waals surface area contributed by atoms with Crippen molar-refractivity contribution in [2.75, 3.05) is 14.2 Å². The summed E-state index contributed by atoms with van der Waals surface area (Å²) in [5, 5.41) is 1.64. The molecule has 0 unspecified atom stereocenters. The van der Waals surface area contributed by atoms with E-state index in [1.807, 2.05) is 6.07 Å². The van der Waals surface area contributed by atoms with Crippen molar-refractivity contribution < 1.29 is 9.47 Å². The second-order valence-corrected chi connectivity index (χ2v) is 5.04. The van der Waals surface area contributed by atoms with E-state index in [1.165, 1.54) is 7.11 Å². The van der Waals surface area contributed by atoms with Crippen molar-refractivity contribution in [2.45, 2.75) is 0 Å². The summed E-state index contributed by atoms with van der Waals surface area (Å²) in [7, 11) is 3.09. The minimum atomic E-state index is 0.470. The molecular formula is C14H11Cl3O2. The molecule has 0 saturated heterocycles. The Morgan fingerprint density at radius 3 is 2.00 bits per heavy atom. The summed E-state index contributed by atoms with van der Waals surface area (Å²) in [6.45, 7) is 0. The number of benzene rings is 2. The Kier molecular flexibility index (Phi) is 4.46. The second kappa shape index (κ2) is 5.91. The average molecular weight is 318 g/mol. The molecule has 0 bridgehead atoms. The SMILES string of the molecule is COc1c(Cl)ccc(-c2cc(Cl)ccc2Cl)c1OC. The highest BCUT2D eigenvalue weighted by molar-refractivity contribution is 6.35. The van der Waals surface area contributed by atoms with E-state index in [2.05, 4.69) is 0 Å². The monoisotopic (exact) mass is 316 g/mol. The van der Waals surface area contributed by atoms with Crippen LogP contribution in [0, 0.1) is 0 Å².